The van der Waals surface area contributed by atoms with Crippen molar-refractivity contribution in [3.05, 3.63) is 48.0 Å². The standard InChI is InChI=1S/C16H18N2O3/c19-15(20)8-10-18-16(21)17-9-7-12-5-6-13-3-1-2-4-14(13)11-12/h1-6,11H,7-10H2,(H,19,20)(H2,17,18,21). The van der Waals surface area contributed by atoms with Crippen LogP contribution in [0.25, 0.3) is 10.8 Å². The van der Waals surface area contributed by atoms with Crippen LogP contribution in [0.1, 0.15) is 12.0 Å². The molecule has 0 fully saturated rings. The molecule has 2 aromatic rings. The summed E-state index contributed by atoms with van der Waals surface area (Å²) in [5, 5.41) is 16.1. The molecule has 0 spiro atoms. The SMILES string of the molecule is O=C(O)CCNC(=O)NCCc1ccc2ccccc2c1. The second kappa shape index (κ2) is 7.28. The second-order valence-electron chi connectivity index (χ2n) is 4.76. The quantitative estimate of drug-likeness (QED) is 0.761. The summed E-state index contributed by atoms with van der Waals surface area (Å²) in [4.78, 5) is 21.7. The zero-order valence-electron chi connectivity index (χ0n) is 11.6. The first-order chi connectivity index (χ1) is 10.1. The topological polar surface area (TPSA) is 78.4 Å². The van der Waals surface area contributed by atoms with Gasteiger partial charge in [-0.05, 0) is 22.8 Å². The molecule has 0 aliphatic carbocycles. The Bertz CT molecular complexity index is 640. The number of carbonyl (C=O) groups excluding carboxylic acids is 1. The van der Waals surface area contributed by atoms with Crippen LogP contribution in [0.2, 0.25) is 0 Å². The van der Waals surface area contributed by atoms with Gasteiger partial charge in [0.15, 0.2) is 0 Å². The van der Waals surface area contributed by atoms with Crippen molar-refractivity contribution >= 4 is 22.8 Å². The molecule has 3 N–H and O–H groups in total. The Kier molecular flexibility index (Phi) is 5.15. The van der Waals surface area contributed by atoms with Crippen molar-refractivity contribution in [2.24, 2.45) is 0 Å². The number of amides is 2. The maximum Gasteiger partial charge on any atom is 0.314 e. The fraction of sp³-hybridized carbons (Fsp3) is 0.250. The van der Waals surface area contributed by atoms with Crippen LogP contribution in [-0.2, 0) is 11.2 Å². The van der Waals surface area contributed by atoms with Crippen LogP contribution < -0.4 is 10.6 Å². The second-order valence-corrected chi connectivity index (χ2v) is 4.76. The molecule has 0 bridgehead atoms. The van der Waals surface area contributed by atoms with Gasteiger partial charge in [0.1, 0.15) is 0 Å². The fourth-order valence-corrected chi connectivity index (χ4v) is 2.06. The molecule has 110 valence electrons. The number of rotatable bonds is 6. The van der Waals surface area contributed by atoms with Crippen molar-refractivity contribution in [1.29, 1.82) is 0 Å². The van der Waals surface area contributed by atoms with E-state index in [2.05, 4.69) is 34.9 Å². The van der Waals surface area contributed by atoms with E-state index in [1.807, 2.05) is 18.2 Å². The average molecular weight is 286 g/mol. The molecule has 0 aliphatic rings. The Morgan fingerprint density at radius 2 is 1.67 bits per heavy atom. The van der Waals surface area contributed by atoms with Crippen LogP contribution >= 0.6 is 0 Å². The molecule has 0 atom stereocenters. The third kappa shape index (κ3) is 4.80. The molecule has 21 heavy (non-hydrogen) atoms. The van der Waals surface area contributed by atoms with Crippen LogP contribution in [-0.4, -0.2) is 30.2 Å². The number of carboxylic acid groups (broad SMARTS) is 1. The van der Waals surface area contributed by atoms with E-state index in [0.717, 1.165) is 12.0 Å². The minimum absolute atomic E-state index is 0.0713. The Morgan fingerprint density at radius 1 is 0.952 bits per heavy atom. The molecule has 0 saturated carbocycles. The normalized spacial score (nSPS) is 10.3. The van der Waals surface area contributed by atoms with E-state index < -0.39 is 5.97 Å². The number of hydrogen-bond donors (Lipinski definition) is 3. The van der Waals surface area contributed by atoms with Gasteiger partial charge in [-0.1, -0.05) is 42.5 Å². The third-order valence-corrected chi connectivity index (χ3v) is 3.14. The lowest BCUT2D eigenvalue weighted by atomic mass is 10.1. The molecular weight excluding hydrogens is 268 g/mol. The lowest BCUT2D eigenvalue weighted by Gasteiger charge is -2.07. The van der Waals surface area contributed by atoms with Crippen molar-refractivity contribution < 1.29 is 14.7 Å². The first-order valence-corrected chi connectivity index (χ1v) is 6.86. The molecule has 0 unspecified atom stereocenters. The number of urea groups is 1. The van der Waals surface area contributed by atoms with Crippen LogP contribution in [0.5, 0.6) is 0 Å². The smallest absolute Gasteiger partial charge is 0.314 e. The van der Waals surface area contributed by atoms with Gasteiger partial charge in [0.05, 0.1) is 6.42 Å². The average Bonchev–Trinajstić information content (AvgIpc) is 2.47. The minimum atomic E-state index is -0.925. The molecule has 2 rings (SSSR count). The number of aliphatic carboxylic acids is 1. The van der Waals surface area contributed by atoms with Gasteiger partial charge in [0, 0.05) is 13.1 Å². The van der Waals surface area contributed by atoms with E-state index in [1.165, 1.54) is 10.8 Å². The van der Waals surface area contributed by atoms with E-state index in [9.17, 15) is 9.59 Å². The third-order valence-electron chi connectivity index (χ3n) is 3.14. The van der Waals surface area contributed by atoms with Gasteiger partial charge in [-0.3, -0.25) is 4.79 Å². The zero-order chi connectivity index (χ0) is 15.1. The summed E-state index contributed by atoms with van der Waals surface area (Å²) in [5.74, 6) is -0.925. The number of benzene rings is 2. The monoisotopic (exact) mass is 286 g/mol. The van der Waals surface area contributed by atoms with E-state index in [0.29, 0.717) is 6.54 Å². The summed E-state index contributed by atoms with van der Waals surface area (Å²) in [7, 11) is 0. The molecule has 0 heterocycles. The Labute approximate surface area is 123 Å². The number of hydrogen-bond acceptors (Lipinski definition) is 2. The highest BCUT2D eigenvalue weighted by Crippen LogP contribution is 2.15. The molecule has 0 saturated heterocycles. The summed E-state index contributed by atoms with van der Waals surface area (Å²) < 4.78 is 0. The van der Waals surface area contributed by atoms with Crippen molar-refractivity contribution in [3.63, 3.8) is 0 Å². The molecule has 0 aromatic heterocycles. The number of carboxylic acids is 1. The van der Waals surface area contributed by atoms with Crippen molar-refractivity contribution in [1.82, 2.24) is 10.6 Å². The van der Waals surface area contributed by atoms with Gasteiger partial charge in [0.2, 0.25) is 0 Å². The van der Waals surface area contributed by atoms with Gasteiger partial charge in [-0.15, -0.1) is 0 Å². The Balaban J connectivity index is 1.77. The lowest BCUT2D eigenvalue weighted by molar-refractivity contribution is -0.136. The van der Waals surface area contributed by atoms with Crippen LogP contribution in [0, 0.1) is 0 Å². The minimum Gasteiger partial charge on any atom is -0.481 e. The van der Waals surface area contributed by atoms with E-state index in [4.69, 9.17) is 5.11 Å². The summed E-state index contributed by atoms with van der Waals surface area (Å²) in [6.07, 6.45) is 0.662. The Hall–Kier alpha value is -2.56. The number of fused-ring (bicyclic) bond motifs is 1. The molecule has 0 aliphatic heterocycles. The highest BCUT2D eigenvalue weighted by atomic mass is 16.4. The van der Waals surface area contributed by atoms with Crippen LogP contribution in [0.4, 0.5) is 4.79 Å². The maximum atomic E-state index is 11.4. The van der Waals surface area contributed by atoms with Gasteiger partial charge in [-0.2, -0.15) is 0 Å². The van der Waals surface area contributed by atoms with E-state index in [-0.39, 0.29) is 19.0 Å². The van der Waals surface area contributed by atoms with E-state index >= 15 is 0 Å². The molecule has 5 heteroatoms. The largest absolute Gasteiger partial charge is 0.481 e. The van der Waals surface area contributed by atoms with E-state index in [1.54, 1.807) is 0 Å². The molecule has 0 radical (unpaired) electrons. The number of carbonyl (C=O) groups is 2. The van der Waals surface area contributed by atoms with Crippen molar-refractivity contribution in [3.8, 4) is 0 Å². The zero-order valence-corrected chi connectivity index (χ0v) is 11.6. The van der Waals surface area contributed by atoms with Gasteiger partial charge >= 0.3 is 12.0 Å². The molecular formula is C16H18N2O3. The first kappa shape index (κ1) is 14.8. The summed E-state index contributed by atoms with van der Waals surface area (Å²) in [5.41, 5.74) is 1.15. The first-order valence-electron chi connectivity index (χ1n) is 6.86. The maximum absolute atomic E-state index is 11.4. The highest BCUT2D eigenvalue weighted by molar-refractivity contribution is 5.83. The van der Waals surface area contributed by atoms with Gasteiger partial charge in [0.25, 0.3) is 0 Å². The fourth-order valence-electron chi connectivity index (χ4n) is 2.06. The summed E-state index contributed by atoms with van der Waals surface area (Å²) in [6.45, 7) is 0.647. The van der Waals surface area contributed by atoms with Gasteiger partial charge in [-0.25, -0.2) is 4.79 Å². The van der Waals surface area contributed by atoms with Crippen molar-refractivity contribution in [2.75, 3.05) is 13.1 Å². The summed E-state index contributed by atoms with van der Waals surface area (Å²) >= 11 is 0. The van der Waals surface area contributed by atoms with Crippen molar-refractivity contribution in [2.45, 2.75) is 12.8 Å². The predicted molar refractivity (Wildman–Crippen MR) is 81.3 cm³/mol. The van der Waals surface area contributed by atoms with Gasteiger partial charge < -0.3 is 15.7 Å². The molecule has 2 amide bonds. The predicted octanol–water partition coefficient (Wildman–Crippen LogP) is 2.16. The Morgan fingerprint density at radius 3 is 2.43 bits per heavy atom. The molecule has 2 aromatic carbocycles. The number of nitrogens with one attached hydrogen (secondary N) is 2. The van der Waals surface area contributed by atoms with Crippen LogP contribution in [0.3, 0.4) is 0 Å². The van der Waals surface area contributed by atoms with Crippen LogP contribution in [0.15, 0.2) is 42.5 Å². The lowest BCUT2D eigenvalue weighted by Crippen LogP contribution is -2.37. The summed E-state index contributed by atoms with van der Waals surface area (Å²) in [6, 6.07) is 14.0. The highest BCUT2D eigenvalue weighted by Gasteiger charge is 2.02. The molecule has 5 nitrogen and oxygen atoms in total.